The van der Waals surface area contributed by atoms with E-state index in [0.29, 0.717) is 6.54 Å². The maximum absolute atomic E-state index is 10.2. The zero-order valence-corrected chi connectivity index (χ0v) is 14.8. The van der Waals surface area contributed by atoms with Gasteiger partial charge in [-0.1, -0.05) is 0 Å². The Hall–Kier alpha value is -0.492. The van der Waals surface area contributed by atoms with E-state index in [1.807, 2.05) is 0 Å². The van der Waals surface area contributed by atoms with E-state index in [1.165, 1.54) is 12.8 Å². The van der Waals surface area contributed by atoms with Crippen molar-refractivity contribution in [1.82, 2.24) is 4.90 Å². The third-order valence-corrected chi connectivity index (χ3v) is 3.61. The van der Waals surface area contributed by atoms with E-state index in [2.05, 4.69) is 0 Å². The van der Waals surface area contributed by atoms with Gasteiger partial charge in [-0.3, -0.25) is 0 Å². The zero-order chi connectivity index (χ0) is 15.7. The van der Waals surface area contributed by atoms with Crippen LogP contribution in [0.4, 0.5) is 0 Å². The van der Waals surface area contributed by atoms with Gasteiger partial charge >= 0.3 is 21.1 Å². The molecule has 2 atom stereocenters. The number of carboxylic acid groups (broad SMARTS) is 2. The Morgan fingerprint density at radius 1 is 1.10 bits per heavy atom. The van der Waals surface area contributed by atoms with Crippen LogP contribution in [0.15, 0.2) is 0 Å². The number of rotatable bonds is 7. The van der Waals surface area contributed by atoms with Gasteiger partial charge in [-0.2, -0.15) is 0 Å². The van der Waals surface area contributed by atoms with Gasteiger partial charge in [0.1, 0.15) is 0 Å². The number of hydrogen-bond acceptors (Lipinski definition) is 7. The second-order valence-corrected chi connectivity index (χ2v) is 5.35. The van der Waals surface area contributed by atoms with E-state index in [0.717, 1.165) is 24.9 Å². The maximum Gasteiger partial charge on any atom is 2.00 e. The van der Waals surface area contributed by atoms with Crippen LogP contribution in [0.1, 0.15) is 19.3 Å². The molecule has 0 spiro atoms. The van der Waals surface area contributed by atoms with E-state index < -0.39 is 17.9 Å². The molecule has 0 aromatic heterocycles. The van der Waals surface area contributed by atoms with Crippen LogP contribution < -0.4 is 21.7 Å². The second kappa shape index (κ2) is 12.1. The first-order valence-corrected chi connectivity index (χ1v) is 6.80. The maximum atomic E-state index is 10.2. The minimum atomic E-state index is -1.59. The summed E-state index contributed by atoms with van der Waals surface area (Å²) in [5, 5.41) is 20.4. The van der Waals surface area contributed by atoms with Crippen LogP contribution in [0.3, 0.4) is 0 Å². The number of aliphatic carboxylic acids is 2. The van der Waals surface area contributed by atoms with E-state index in [-0.39, 0.29) is 27.5 Å². The topological polar surface area (TPSA) is 136 Å². The van der Waals surface area contributed by atoms with Gasteiger partial charge in [0.15, 0.2) is 0 Å². The minimum Gasteiger partial charge on any atom is -0.549 e. The zero-order valence-electron chi connectivity index (χ0n) is 12.5. The average Bonchev–Trinajstić information content (AvgIpc) is 2.28. The van der Waals surface area contributed by atoms with Gasteiger partial charge in [-0.05, 0) is 64.8 Å². The number of carbonyl (C=O) groups is 2. The smallest absolute Gasteiger partial charge is 0.549 e. The van der Waals surface area contributed by atoms with Crippen molar-refractivity contribution in [2.75, 3.05) is 33.7 Å². The van der Waals surface area contributed by atoms with Crippen molar-refractivity contribution < 1.29 is 40.9 Å². The molecule has 0 saturated heterocycles. The molecule has 0 radical (unpaired) electrons. The number of hydrogen-bond donors (Lipinski definition) is 2. The average molecular weight is 482 g/mol. The molecular weight excluding hydrogens is 457 g/mol. The normalized spacial score (nSPS) is 20.1. The fraction of sp³-hybridized carbons (Fsp3) is 0.846. The standard InChI is InChI=1S/C7H13NO4.C6H14N2.Pt/c1-8(2)4-3-5(6(9)10)7(11)12;7-3-5-1-2-6(5)4-8;/h5H,3-4H2,1-2H3,(H,9,10)(H,11,12);5-6H,1-4,7-8H2;/q;;+2/p-2. The van der Waals surface area contributed by atoms with E-state index in [4.69, 9.17) is 11.5 Å². The van der Waals surface area contributed by atoms with Crippen LogP contribution >= 0.6 is 0 Å². The monoisotopic (exact) mass is 482 g/mol. The summed E-state index contributed by atoms with van der Waals surface area (Å²) in [7, 11) is 3.45. The molecule has 1 saturated carbocycles. The summed E-state index contributed by atoms with van der Waals surface area (Å²) in [5.41, 5.74) is 10.9. The molecule has 1 fully saturated rings. The minimum absolute atomic E-state index is 0. The largest absolute Gasteiger partial charge is 2.00 e. The SMILES string of the molecule is CN(C)CCC(C(=O)[O-])C(=O)[O-].NCC1CCC1CN.[Pt+2]. The number of carbonyl (C=O) groups excluding carboxylic acids is 2. The number of carboxylic acids is 2. The van der Waals surface area contributed by atoms with Gasteiger partial charge in [-0.15, -0.1) is 0 Å². The summed E-state index contributed by atoms with van der Waals surface area (Å²) in [5.74, 6) is -3.18. The molecule has 1 rings (SSSR count). The van der Waals surface area contributed by atoms with Crippen molar-refractivity contribution >= 4 is 11.9 Å². The van der Waals surface area contributed by atoms with Gasteiger partial charge in [-0.25, -0.2) is 0 Å². The Morgan fingerprint density at radius 2 is 1.48 bits per heavy atom. The Balaban J connectivity index is 0. The van der Waals surface area contributed by atoms with Crippen LogP contribution in [0.5, 0.6) is 0 Å². The van der Waals surface area contributed by atoms with Crippen molar-refractivity contribution in [3.8, 4) is 0 Å². The molecule has 4 N–H and O–H groups in total. The van der Waals surface area contributed by atoms with Crippen molar-refractivity contribution in [2.45, 2.75) is 19.3 Å². The molecule has 8 heteroatoms. The quantitative estimate of drug-likeness (QED) is 0.369. The molecule has 0 bridgehead atoms. The molecule has 1 aliphatic carbocycles. The molecule has 7 nitrogen and oxygen atoms in total. The summed E-state index contributed by atoms with van der Waals surface area (Å²) in [6.45, 7) is 2.05. The van der Waals surface area contributed by atoms with E-state index >= 15 is 0 Å². The molecule has 0 amide bonds. The molecule has 2 unspecified atom stereocenters. The van der Waals surface area contributed by atoms with Gasteiger partial charge in [0.2, 0.25) is 0 Å². The predicted octanol–water partition coefficient (Wildman–Crippen LogP) is -3.02. The molecular formula is C13H25N3O4Pt. The van der Waals surface area contributed by atoms with Gasteiger partial charge < -0.3 is 36.2 Å². The van der Waals surface area contributed by atoms with Crippen molar-refractivity contribution in [3.05, 3.63) is 0 Å². The van der Waals surface area contributed by atoms with Gasteiger partial charge in [0.05, 0.1) is 11.9 Å². The molecule has 0 aliphatic heterocycles. The summed E-state index contributed by atoms with van der Waals surface area (Å²) in [4.78, 5) is 22.1. The predicted molar refractivity (Wildman–Crippen MR) is 71.0 cm³/mol. The van der Waals surface area contributed by atoms with Gasteiger partial charge in [0, 0.05) is 5.92 Å². The van der Waals surface area contributed by atoms with Crippen LogP contribution in [0.25, 0.3) is 0 Å². The molecule has 0 aromatic rings. The van der Waals surface area contributed by atoms with Gasteiger partial charge in [0.25, 0.3) is 0 Å². The summed E-state index contributed by atoms with van der Waals surface area (Å²) in [6.07, 6.45) is 2.62. The fourth-order valence-corrected chi connectivity index (χ4v) is 1.98. The third kappa shape index (κ3) is 9.19. The van der Waals surface area contributed by atoms with Crippen LogP contribution in [-0.4, -0.2) is 50.6 Å². The first-order chi connectivity index (χ1) is 9.33. The first-order valence-electron chi connectivity index (χ1n) is 6.80. The van der Waals surface area contributed by atoms with Crippen LogP contribution in [0.2, 0.25) is 0 Å². The fourth-order valence-electron chi connectivity index (χ4n) is 1.98. The van der Waals surface area contributed by atoms with Crippen LogP contribution in [0, 0.1) is 17.8 Å². The summed E-state index contributed by atoms with van der Waals surface area (Å²) >= 11 is 0. The van der Waals surface area contributed by atoms with E-state index in [1.54, 1.807) is 19.0 Å². The molecule has 0 aromatic carbocycles. The van der Waals surface area contributed by atoms with Crippen molar-refractivity contribution in [2.24, 2.45) is 29.2 Å². The molecule has 126 valence electrons. The van der Waals surface area contributed by atoms with E-state index in [9.17, 15) is 19.8 Å². The Labute approximate surface area is 140 Å². The Morgan fingerprint density at radius 3 is 1.67 bits per heavy atom. The summed E-state index contributed by atoms with van der Waals surface area (Å²) < 4.78 is 0. The Bertz CT molecular complexity index is 288. The van der Waals surface area contributed by atoms with Crippen LogP contribution in [-0.2, 0) is 30.7 Å². The molecule has 1 aliphatic rings. The van der Waals surface area contributed by atoms with Crippen molar-refractivity contribution in [3.63, 3.8) is 0 Å². The molecule has 0 heterocycles. The third-order valence-electron chi connectivity index (χ3n) is 3.61. The number of nitrogens with two attached hydrogens (primary N) is 2. The Kier molecular flexibility index (Phi) is 13.1. The summed E-state index contributed by atoms with van der Waals surface area (Å²) in [6, 6.07) is 0. The number of nitrogens with zero attached hydrogens (tertiary/aromatic N) is 1. The first kappa shape index (κ1) is 22.8. The molecule has 21 heavy (non-hydrogen) atoms. The van der Waals surface area contributed by atoms with Crippen molar-refractivity contribution in [1.29, 1.82) is 0 Å². The second-order valence-electron chi connectivity index (χ2n) is 5.35.